The minimum Gasteiger partial charge on any atom is -0.448 e. The number of hydrogen-bond donors (Lipinski definition) is 2. The van der Waals surface area contributed by atoms with Crippen LogP contribution in [0.3, 0.4) is 0 Å². The van der Waals surface area contributed by atoms with Crippen LogP contribution >= 0.6 is 0 Å². The molecule has 0 spiro atoms. The molecule has 2 atom stereocenters. The van der Waals surface area contributed by atoms with Crippen molar-refractivity contribution >= 4 is 18.0 Å². The molecule has 2 aliphatic rings. The predicted octanol–water partition coefficient (Wildman–Crippen LogP) is 1.33. The van der Waals surface area contributed by atoms with Gasteiger partial charge in [-0.05, 0) is 45.2 Å². The van der Waals surface area contributed by atoms with Crippen LogP contribution in [-0.2, 0) is 14.3 Å². The number of aliphatic imine (C=N–C) groups is 1. The van der Waals surface area contributed by atoms with Crippen LogP contribution in [0.1, 0.15) is 47.0 Å². The third-order valence-electron chi connectivity index (χ3n) is 5.47. The number of nitriles is 1. The molecule has 2 unspecified atom stereocenters. The maximum Gasteiger partial charge on any atom is 0.436 e. The number of likely N-dealkylation sites (tertiary alicyclic amines) is 1. The zero-order valence-corrected chi connectivity index (χ0v) is 20.1. The second kappa shape index (κ2) is 11.5. The van der Waals surface area contributed by atoms with Gasteiger partial charge in [0.05, 0.1) is 25.9 Å². The van der Waals surface area contributed by atoms with Crippen LogP contribution in [0.5, 0.6) is 0 Å². The van der Waals surface area contributed by atoms with E-state index in [1.807, 2.05) is 32.7 Å². The maximum absolute atomic E-state index is 13.4. The first kappa shape index (κ1) is 25.9. The number of morpholine rings is 1. The Labute approximate surface area is 191 Å². The van der Waals surface area contributed by atoms with Gasteiger partial charge in [0.15, 0.2) is 0 Å². The van der Waals surface area contributed by atoms with Gasteiger partial charge in [-0.25, -0.2) is 4.79 Å². The average molecular weight is 451 g/mol. The van der Waals surface area contributed by atoms with Crippen LogP contribution in [0.4, 0.5) is 4.79 Å². The van der Waals surface area contributed by atoms with Crippen molar-refractivity contribution in [2.45, 2.75) is 58.5 Å². The number of nitrogens with one attached hydrogen (secondary N) is 2. The topological polar surface area (TPSA) is 119 Å². The van der Waals surface area contributed by atoms with E-state index >= 15 is 0 Å². The van der Waals surface area contributed by atoms with Crippen molar-refractivity contribution < 1.29 is 19.1 Å². The van der Waals surface area contributed by atoms with Gasteiger partial charge in [0, 0.05) is 19.6 Å². The first-order chi connectivity index (χ1) is 15.1. The van der Waals surface area contributed by atoms with Crippen LogP contribution < -0.4 is 10.6 Å². The number of piperidine rings is 1. The lowest BCUT2D eigenvalue weighted by molar-refractivity contribution is -0.125. The van der Waals surface area contributed by atoms with E-state index in [0.717, 1.165) is 13.0 Å². The van der Waals surface area contributed by atoms with E-state index in [2.05, 4.69) is 26.6 Å². The minimum atomic E-state index is -0.931. The summed E-state index contributed by atoms with van der Waals surface area (Å²) in [5.41, 5.74) is -1.11. The fourth-order valence-electron chi connectivity index (χ4n) is 4.00. The molecular weight excluding hydrogens is 412 g/mol. The Morgan fingerprint density at radius 1 is 1.28 bits per heavy atom. The molecule has 10 heteroatoms. The van der Waals surface area contributed by atoms with Gasteiger partial charge in [0.1, 0.15) is 11.6 Å². The van der Waals surface area contributed by atoms with Crippen molar-refractivity contribution in [3.05, 3.63) is 0 Å². The Kier molecular flexibility index (Phi) is 9.28. The van der Waals surface area contributed by atoms with Crippen molar-refractivity contribution in [3.63, 3.8) is 0 Å². The monoisotopic (exact) mass is 450 g/mol. The molecule has 2 saturated heterocycles. The molecule has 2 fully saturated rings. The predicted molar refractivity (Wildman–Crippen MR) is 121 cm³/mol. The first-order valence-electron chi connectivity index (χ1n) is 11.3. The molecule has 0 aliphatic carbocycles. The standard InChI is InChI=1S/C22H38N6O4/c1-6-32-20(30)25-19(28-10-12-31-13-11-28)24-17(14-21(2,3)4)18(29)26-22(15-23)8-7-9-27(5)16-22/h17H,6-14,16H2,1-5H3,(H,26,29)(H,24,25,30). The van der Waals surface area contributed by atoms with E-state index in [-0.39, 0.29) is 17.9 Å². The van der Waals surface area contributed by atoms with Gasteiger partial charge in [-0.15, -0.1) is 4.99 Å². The summed E-state index contributed by atoms with van der Waals surface area (Å²) in [6.07, 6.45) is 1.22. The van der Waals surface area contributed by atoms with Crippen molar-refractivity contribution in [2.75, 3.05) is 53.0 Å². The van der Waals surface area contributed by atoms with Crippen LogP contribution in [0.25, 0.3) is 0 Å². The molecule has 180 valence electrons. The number of carbonyl (C=O) groups is 2. The minimum absolute atomic E-state index is 0.182. The van der Waals surface area contributed by atoms with E-state index in [1.54, 1.807) is 6.92 Å². The van der Waals surface area contributed by atoms with Crippen molar-refractivity contribution in [1.82, 2.24) is 20.4 Å². The van der Waals surface area contributed by atoms with Crippen LogP contribution in [-0.4, -0.2) is 92.4 Å². The van der Waals surface area contributed by atoms with Gasteiger partial charge in [-0.2, -0.15) is 5.26 Å². The lowest BCUT2D eigenvalue weighted by Crippen LogP contribution is -2.62. The molecule has 0 saturated carbocycles. The van der Waals surface area contributed by atoms with Gasteiger partial charge in [0.25, 0.3) is 0 Å². The van der Waals surface area contributed by atoms with Gasteiger partial charge in [0.2, 0.25) is 11.9 Å². The molecule has 2 heterocycles. The third kappa shape index (κ3) is 7.95. The SMILES string of the molecule is CCOC(=O)/N=C(\NC(CC(C)(C)C)C(=O)NC1(C#N)CCCN(C)C1)N1CCOCC1. The summed E-state index contributed by atoms with van der Waals surface area (Å²) < 4.78 is 10.4. The highest BCUT2D eigenvalue weighted by molar-refractivity contribution is 5.94. The van der Waals surface area contributed by atoms with Gasteiger partial charge in [-0.3, -0.25) is 4.79 Å². The molecule has 10 nitrogen and oxygen atoms in total. The highest BCUT2D eigenvalue weighted by atomic mass is 16.5. The van der Waals surface area contributed by atoms with E-state index in [0.29, 0.717) is 51.6 Å². The summed E-state index contributed by atoms with van der Waals surface area (Å²) in [4.78, 5) is 33.6. The largest absolute Gasteiger partial charge is 0.448 e. The number of nitrogens with zero attached hydrogens (tertiary/aromatic N) is 4. The highest BCUT2D eigenvalue weighted by Crippen LogP contribution is 2.24. The molecule has 0 aromatic heterocycles. The molecule has 0 aromatic carbocycles. The summed E-state index contributed by atoms with van der Waals surface area (Å²) in [6, 6.07) is 1.65. The summed E-state index contributed by atoms with van der Waals surface area (Å²) in [5, 5.41) is 16.1. The summed E-state index contributed by atoms with van der Waals surface area (Å²) in [5.74, 6) is 0.0181. The number of rotatable bonds is 5. The van der Waals surface area contributed by atoms with E-state index in [9.17, 15) is 14.9 Å². The molecule has 32 heavy (non-hydrogen) atoms. The zero-order chi connectivity index (χ0) is 23.8. The molecular formula is C22H38N6O4. The molecule has 2 rings (SSSR count). The second-order valence-corrected chi connectivity index (χ2v) is 9.72. The number of hydrogen-bond acceptors (Lipinski definition) is 6. The highest BCUT2D eigenvalue weighted by Gasteiger charge is 2.39. The number of ether oxygens (including phenoxy) is 2. The van der Waals surface area contributed by atoms with Crippen LogP contribution in [0, 0.1) is 16.7 Å². The molecule has 0 aromatic rings. The lowest BCUT2D eigenvalue weighted by atomic mass is 9.86. The van der Waals surface area contributed by atoms with E-state index in [1.165, 1.54) is 0 Å². The summed E-state index contributed by atoms with van der Waals surface area (Å²) in [7, 11) is 1.95. The van der Waals surface area contributed by atoms with Crippen LogP contribution in [0.15, 0.2) is 4.99 Å². The zero-order valence-electron chi connectivity index (χ0n) is 20.1. The van der Waals surface area contributed by atoms with Crippen molar-refractivity contribution in [3.8, 4) is 6.07 Å². The van der Waals surface area contributed by atoms with Crippen molar-refractivity contribution in [2.24, 2.45) is 10.4 Å². The molecule has 2 aliphatic heterocycles. The smallest absolute Gasteiger partial charge is 0.436 e. The van der Waals surface area contributed by atoms with Gasteiger partial charge in [-0.1, -0.05) is 20.8 Å². The van der Waals surface area contributed by atoms with Crippen LogP contribution in [0.2, 0.25) is 0 Å². The van der Waals surface area contributed by atoms with Gasteiger partial charge < -0.3 is 29.9 Å². The molecule has 0 radical (unpaired) electrons. The van der Waals surface area contributed by atoms with Crippen molar-refractivity contribution in [1.29, 1.82) is 5.26 Å². The number of likely N-dealkylation sites (N-methyl/N-ethyl adjacent to an activating group) is 1. The molecule has 0 bridgehead atoms. The number of guanidine groups is 1. The maximum atomic E-state index is 13.4. The fourth-order valence-corrected chi connectivity index (χ4v) is 4.00. The quantitative estimate of drug-likeness (QED) is 0.476. The molecule has 2 N–H and O–H groups in total. The Bertz CT molecular complexity index is 723. The van der Waals surface area contributed by atoms with E-state index < -0.39 is 17.7 Å². The fraction of sp³-hybridized carbons (Fsp3) is 0.818. The Hall–Kier alpha value is -2.38. The lowest BCUT2D eigenvalue weighted by Gasteiger charge is -2.39. The van der Waals surface area contributed by atoms with E-state index in [4.69, 9.17) is 9.47 Å². The first-order valence-corrected chi connectivity index (χ1v) is 11.3. The summed E-state index contributed by atoms with van der Waals surface area (Å²) >= 11 is 0. The summed E-state index contributed by atoms with van der Waals surface area (Å²) in [6.45, 7) is 11.5. The number of carbonyl (C=O) groups excluding carboxylic acids is 2. The Balaban J connectivity index is 2.27. The normalized spacial score (nSPS) is 23.8. The second-order valence-electron chi connectivity index (χ2n) is 9.72. The Morgan fingerprint density at radius 2 is 1.97 bits per heavy atom. The Morgan fingerprint density at radius 3 is 2.53 bits per heavy atom. The average Bonchev–Trinajstić information content (AvgIpc) is 2.72. The molecule has 2 amide bonds. The third-order valence-corrected chi connectivity index (χ3v) is 5.47. The van der Waals surface area contributed by atoms with Gasteiger partial charge >= 0.3 is 6.09 Å². The number of amides is 2.